The molecule has 1 fully saturated rings. The van der Waals surface area contributed by atoms with Crippen molar-refractivity contribution < 1.29 is 9.53 Å². The number of para-hydroxylation sites is 1. The second-order valence-electron chi connectivity index (χ2n) is 5.21. The number of amides is 1. The maximum absolute atomic E-state index is 12.1. The summed E-state index contributed by atoms with van der Waals surface area (Å²) < 4.78 is 7.83. The van der Waals surface area contributed by atoms with Gasteiger partial charge in [0, 0.05) is 26.2 Å². The van der Waals surface area contributed by atoms with E-state index in [-0.39, 0.29) is 11.0 Å². The molecule has 1 aliphatic rings. The van der Waals surface area contributed by atoms with E-state index in [1.807, 2.05) is 31.2 Å². The monoisotopic (exact) mass is 321 g/mol. The molecule has 0 saturated carbocycles. The van der Waals surface area contributed by atoms with Crippen LogP contribution in [0.2, 0.25) is 0 Å². The average Bonchev–Trinajstić information content (AvgIpc) is 2.84. The number of benzene rings is 1. The minimum atomic E-state index is -0.250. The summed E-state index contributed by atoms with van der Waals surface area (Å²) in [6, 6.07) is 7.84. The van der Waals surface area contributed by atoms with E-state index in [0.717, 1.165) is 23.3 Å². The number of ether oxygens (including phenoxy) is 1. The van der Waals surface area contributed by atoms with E-state index in [0.29, 0.717) is 26.4 Å². The quantitative estimate of drug-likeness (QED) is 0.865. The zero-order chi connectivity index (χ0) is 15.5. The van der Waals surface area contributed by atoms with Crippen molar-refractivity contribution in [3.05, 3.63) is 33.9 Å². The second kappa shape index (κ2) is 6.50. The Hall–Kier alpha value is -1.86. The van der Waals surface area contributed by atoms with Crippen LogP contribution in [-0.4, -0.2) is 53.2 Å². The molecule has 1 aromatic carbocycles. The van der Waals surface area contributed by atoms with E-state index in [4.69, 9.17) is 4.74 Å². The van der Waals surface area contributed by atoms with Crippen molar-refractivity contribution in [2.24, 2.45) is 0 Å². The molecule has 2 aromatic rings. The van der Waals surface area contributed by atoms with Gasteiger partial charge in [-0.2, -0.15) is 0 Å². The zero-order valence-corrected chi connectivity index (χ0v) is 13.3. The number of hydrogen-bond acceptors (Lipinski definition) is 5. The summed E-state index contributed by atoms with van der Waals surface area (Å²) in [5.74, 6) is 0. The third kappa shape index (κ3) is 3.00. The highest BCUT2D eigenvalue weighted by Gasteiger charge is 2.22. The van der Waals surface area contributed by atoms with E-state index in [9.17, 15) is 9.59 Å². The van der Waals surface area contributed by atoms with E-state index < -0.39 is 0 Å². The summed E-state index contributed by atoms with van der Waals surface area (Å²) >= 11 is 1.28. The number of carbonyl (C=O) groups is 1. The number of nitrogens with zero attached hydrogens (tertiary/aromatic N) is 3. The van der Waals surface area contributed by atoms with E-state index in [2.05, 4.69) is 4.90 Å². The molecule has 2 heterocycles. The second-order valence-corrected chi connectivity index (χ2v) is 6.20. The summed E-state index contributed by atoms with van der Waals surface area (Å²) in [7, 11) is 0. The maximum Gasteiger partial charge on any atom is 0.409 e. The predicted octanol–water partition coefficient (Wildman–Crippen LogP) is 1.79. The van der Waals surface area contributed by atoms with Crippen molar-refractivity contribution in [3.63, 3.8) is 0 Å². The standard InChI is InChI=1S/C15H19N3O3S/c1-2-21-14(19)17-9-7-16(8-10-17)11-18-12-5-3-4-6-13(12)22-15(18)20/h3-6H,2,7-11H2,1H3. The molecule has 1 aromatic heterocycles. The fraction of sp³-hybridized carbons (Fsp3) is 0.467. The van der Waals surface area contributed by atoms with E-state index in [1.165, 1.54) is 11.3 Å². The van der Waals surface area contributed by atoms with Gasteiger partial charge in [0.15, 0.2) is 0 Å². The molecule has 3 rings (SSSR count). The normalized spacial score (nSPS) is 16.1. The molecule has 22 heavy (non-hydrogen) atoms. The summed E-state index contributed by atoms with van der Waals surface area (Å²) in [5.41, 5.74) is 0.977. The first-order valence-corrected chi connectivity index (χ1v) is 8.23. The number of carbonyl (C=O) groups excluding carboxylic acids is 1. The molecule has 1 saturated heterocycles. The van der Waals surface area contributed by atoms with E-state index >= 15 is 0 Å². The van der Waals surface area contributed by atoms with Crippen LogP contribution < -0.4 is 4.87 Å². The van der Waals surface area contributed by atoms with Crippen LogP contribution in [0.5, 0.6) is 0 Å². The van der Waals surface area contributed by atoms with Gasteiger partial charge in [-0.3, -0.25) is 14.3 Å². The van der Waals surface area contributed by atoms with Crippen LogP contribution in [-0.2, 0) is 11.4 Å². The molecular weight excluding hydrogens is 302 g/mol. The fourth-order valence-corrected chi connectivity index (χ4v) is 3.52. The summed E-state index contributed by atoms with van der Waals surface area (Å²) in [5, 5.41) is 0. The van der Waals surface area contributed by atoms with Crippen LogP contribution in [0.3, 0.4) is 0 Å². The highest BCUT2D eigenvalue weighted by atomic mass is 32.1. The number of rotatable bonds is 3. The molecule has 118 valence electrons. The lowest BCUT2D eigenvalue weighted by Gasteiger charge is -2.34. The number of thiazole rings is 1. The molecule has 1 amide bonds. The van der Waals surface area contributed by atoms with Gasteiger partial charge in [-0.05, 0) is 19.1 Å². The molecule has 7 heteroatoms. The van der Waals surface area contributed by atoms with Crippen LogP contribution in [0.1, 0.15) is 6.92 Å². The Balaban J connectivity index is 1.66. The predicted molar refractivity (Wildman–Crippen MR) is 86.3 cm³/mol. The van der Waals surface area contributed by atoms with Gasteiger partial charge in [0.05, 0.1) is 23.5 Å². The molecule has 0 N–H and O–H groups in total. The van der Waals surface area contributed by atoms with Gasteiger partial charge in [0.25, 0.3) is 0 Å². The largest absolute Gasteiger partial charge is 0.450 e. The van der Waals surface area contributed by atoms with Crippen LogP contribution in [0.15, 0.2) is 29.1 Å². The van der Waals surface area contributed by atoms with Crippen LogP contribution in [0.25, 0.3) is 10.2 Å². The van der Waals surface area contributed by atoms with Gasteiger partial charge in [-0.25, -0.2) is 4.79 Å². The highest BCUT2D eigenvalue weighted by molar-refractivity contribution is 7.16. The van der Waals surface area contributed by atoms with Crippen molar-refractivity contribution in [1.82, 2.24) is 14.4 Å². The number of piperazine rings is 1. The molecule has 1 aliphatic heterocycles. The lowest BCUT2D eigenvalue weighted by atomic mass is 10.3. The highest BCUT2D eigenvalue weighted by Crippen LogP contribution is 2.17. The Kier molecular flexibility index (Phi) is 4.44. The molecular formula is C15H19N3O3S. The number of hydrogen-bond donors (Lipinski definition) is 0. The summed E-state index contributed by atoms with van der Waals surface area (Å²) in [6.07, 6.45) is -0.250. The molecule has 0 bridgehead atoms. The van der Waals surface area contributed by atoms with Crippen LogP contribution >= 0.6 is 11.3 Å². The first kappa shape index (κ1) is 15.1. The van der Waals surface area contributed by atoms with Gasteiger partial charge < -0.3 is 9.64 Å². The maximum atomic E-state index is 12.1. The fourth-order valence-electron chi connectivity index (χ4n) is 2.63. The molecule has 0 atom stereocenters. The van der Waals surface area contributed by atoms with Crippen molar-refractivity contribution in [1.29, 1.82) is 0 Å². The van der Waals surface area contributed by atoms with Gasteiger partial charge >= 0.3 is 11.0 Å². The Morgan fingerprint density at radius 2 is 1.95 bits per heavy atom. The molecule has 6 nitrogen and oxygen atoms in total. The van der Waals surface area contributed by atoms with Crippen LogP contribution in [0, 0.1) is 0 Å². The lowest BCUT2D eigenvalue weighted by Crippen LogP contribution is -2.49. The summed E-state index contributed by atoms with van der Waals surface area (Å²) in [4.78, 5) is 27.8. The number of aromatic nitrogens is 1. The lowest BCUT2D eigenvalue weighted by molar-refractivity contribution is 0.0712. The van der Waals surface area contributed by atoms with Crippen LogP contribution in [0.4, 0.5) is 4.79 Å². The summed E-state index contributed by atoms with van der Waals surface area (Å²) in [6.45, 7) is 5.53. The average molecular weight is 321 g/mol. The third-order valence-corrected chi connectivity index (χ3v) is 4.77. The molecule has 0 aliphatic carbocycles. The van der Waals surface area contributed by atoms with Crippen molar-refractivity contribution in [3.8, 4) is 0 Å². The van der Waals surface area contributed by atoms with Gasteiger partial charge in [-0.1, -0.05) is 23.5 Å². The van der Waals surface area contributed by atoms with Crippen molar-refractivity contribution >= 4 is 27.6 Å². The molecule has 0 spiro atoms. The molecule has 0 radical (unpaired) electrons. The van der Waals surface area contributed by atoms with Gasteiger partial charge in [-0.15, -0.1) is 0 Å². The SMILES string of the molecule is CCOC(=O)N1CCN(Cn2c(=O)sc3ccccc32)CC1. The number of fused-ring (bicyclic) bond motifs is 1. The van der Waals surface area contributed by atoms with Gasteiger partial charge in [0.2, 0.25) is 0 Å². The van der Waals surface area contributed by atoms with Gasteiger partial charge in [0.1, 0.15) is 0 Å². The molecule has 0 unspecified atom stereocenters. The Bertz CT molecular complexity index is 716. The van der Waals surface area contributed by atoms with E-state index in [1.54, 1.807) is 9.47 Å². The Morgan fingerprint density at radius 1 is 1.23 bits per heavy atom. The van der Waals surface area contributed by atoms with Crippen molar-refractivity contribution in [2.45, 2.75) is 13.6 Å². The first-order chi connectivity index (χ1) is 10.7. The minimum Gasteiger partial charge on any atom is -0.450 e. The zero-order valence-electron chi connectivity index (χ0n) is 12.5. The first-order valence-electron chi connectivity index (χ1n) is 7.41. The topological polar surface area (TPSA) is 54.8 Å². The Morgan fingerprint density at radius 3 is 2.68 bits per heavy atom. The third-order valence-electron chi connectivity index (χ3n) is 3.81. The van der Waals surface area contributed by atoms with Crippen molar-refractivity contribution in [2.75, 3.05) is 32.8 Å². The Labute approximate surface area is 132 Å². The smallest absolute Gasteiger partial charge is 0.409 e. The minimum absolute atomic E-state index is 0.0639.